The second-order valence-electron chi connectivity index (χ2n) is 3.34. The van der Waals surface area contributed by atoms with Gasteiger partial charge in [-0.1, -0.05) is 30.3 Å². The maximum atomic E-state index is 10.8. The highest BCUT2D eigenvalue weighted by Gasteiger charge is 2.20. The summed E-state index contributed by atoms with van der Waals surface area (Å²) in [6.45, 7) is 2.63. The first-order valence-corrected chi connectivity index (χ1v) is 6.72. The topological polar surface area (TPSA) is 52.6 Å². The Bertz CT molecular complexity index is 348. The van der Waals surface area contributed by atoms with Gasteiger partial charge in [0, 0.05) is 19.9 Å². The van der Waals surface area contributed by atoms with Crippen LogP contribution in [0.25, 0.3) is 0 Å². The fourth-order valence-corrected chi connectivity index (χ4v) is 2.90. The minimum atomic E-state index is -2.28. The highest BCUT2D eigenvalue weighted by atomic mass is 28.3. The van der Waals surface area contributed by atoms with Crippen LogP contribution >= 0.6 is 0 Å². The van der Waals surface area contributed by atoms with Crippen molar-refractivity contribution in [3.05, 3.63) is 35.9 Å². The molecule has 0 bridgehead atoms. The summed E-state index contributed by atoms with van der Waals surface area (Å²) in [5, 5.41) is 0. The van der Waals surface area contributed by atoms with Gasteiger partial charge in [-0.3, -0.25) is 9.59 Å². The molecule has 0 atom stereocenters. The van der Waals surface area contributed by atoms with E-state index in [2.05, 4.69) is 0 Å². The molecule has 0 unspecified atom stereocenters. The molecule has 1 aromatic carbocycles. The fourth-order valence-electron chi connectivity index (χ4n) is 1.28. The van der Waals surface area contributed by atoms with Crippen LogP contribution in [0.4, 0.5) is 0 Å². The molecule has 0 aliphatic heterocycles. The van der Waals surface area contributed by atoms with Crippen molar-refractivity contribution in [3.63, 3.8) is 0 Å². The molecular weight excluding hydrogens is 224 g/mol. The van der Waals surface area contributed by atoms with Crippen LogP contribution in [0.3, 0.4) is 0 Å². The Balaban J connectivity index is 2.63. The summed E-state index contributed by atoms with van der Waals surface area (Å²) in [7, 11) is -2.28. The van der Waals surface area contributed by atoms with Gasteiger partial charge in [-0.05, 0) is 5.56 Å². The van der Waals surface area contributed by atoms with E-state index in [1.54, 1.807) is 0 Å². The van der Waals surface area contributed by atoms with E-state index >= 15 is 0 Å². The van der Waals surface area contributed by atoms with Crippen LogP contribution in [0.15, 0.2) is 30.3 Å². The Kier molecular flexibility index (Phi) is 4.72. The van der Waals surface area contributed by atoms with E-state index in [9.17, 15) is 9.59 Å². The third-order valence-electron chi connectivity index (χ3n) is 1.84. The van der Waals surface area contributed by atoms with Gasteiger partial charge in [0.1, 0.15) is 0 Å². The smallest absolute Gasteiger partial charge is 0.452 e. The van der Waals surface area contributed by atoms with E-state index in [4.69, 9.17) is 8.85 Å². The van der Waals surface area contributed by atoms with Crippen molar-refractivity contribution in [3.8, 4) is 0 Å². The molecule has 86 valence electrons. The third-order valence-corrected chi connectivity index (χ3v) is 3.83. The fraction of sp³-hybridized carbons (Fsp3) is 0.273. The molecule has 0 aliphatic carbocycles. The molecular formula is C11H14O4Si. The number of hydrogen-bond acceptors (Lipinski definition) is 4. The molecule has 0 heterocycles. The van der Waals surface area contributed by atoms with Crippen molar-refractivity contribution >= 4 is 21.2 Å². The zero-order chi connectivity index (χ0) is 12.0. The van der Waals surface area contributed by atoms with E-state index in [1.165, 1.54) is 13.8 Å². The average Bonchev–Trinajstić information content (AvgIpc) is 2.16. The molecule has 1 rings (SSSR count). The Morgan fingerprint density at radius 1 is 1.06 bits per heavy atom. The lowest BCUT2D eigenvalue weighted by Crippen LogP contribution is -2.30. The largest absolute Gasteiger partial charge is 0.487 e. The zero-order valence-corrected chi connectivity index (χ0v) is 10.5. The van der Waals surface area contributed by atoms with Gasteiger partial charge in [0.05, 0.1) is 0 Å². The first-order chi connectivity index (χ1) is 7.58. The van der Waals surface area contributed by atoms with Crippen LogP contribution in [0.2, 0.25) is 0 Å². The highest BCUT2D eigenvalue weighted by molar-refractivity contribution is 6.48. The molecule has 0 fully saturated rings. The summed E-state index contributed by atoms with van der Waals surface area (Å²) in [6.07, 6.45) is 0. The van der Waals surface area contributed by atoms with Crippen molar-refractivity contribution in [2.24, 2.45) is 0 Å². The Hall–Kier alpha value is -1.62. The molecule has 5 heteroatoms. The lowest BCUT2D eigenvalue weighted by atomic mass is 10.2. The van der Waals surface area contributed by atoms with Gasteiger partial charge in [-0.25, -0.2) is 0 Å². The second kappa shape index (κ2) is 6.07. The average molecular weight is 238 g/mol. The van der Waals surface area contributed by atoms with Crippen LogP contribution in [0.1, 0.15) is 19.4 Å². The van der Waals surface area contributed by atoms with E-state index in [1.807, 2.05) is 30.3 Å². The maximum absolute atomic E-state index is 10.8. The molecule has 0 amide bonds. The van der Waals surface area contributed by atoms with Crippen molar-refractivity contribution in [1.29, 1.82) is 0 Å². The summed E-state index contributed by atoms with van der Waals surface area (Å²) in [4.78, 5) is 21.7. The van der Waals surface area contributed by atoms with Gasteiger partial charge in [-0.2, -0.15) is 0 Å². The molecule has 4 nitrogen and oxygen atoms in total. The molecule has 0 N–H and O–H groups in total. The predicted octanol–water partition coefficient (Wildman–Crippen LogP) is 1.11. The van der Waals surface area contributed by atoms with Gasteiger partial charge < -0.3 is 8.85 Å². The summed E-state index contributed by atoms with van der Waals surface area (Å²) < 4.78 is 10.0. The minimum Gasteiger partial charge on any atom is -0.487 e. The van der Waals surface area contributed by atoms with E-state index in [0.29, 0.717) is 6.04 Å². The molecule has 16 heavy (non-hydrogen) atoms. The number of hydrogen-bond donors (Lipinski definition) is 0. The highest BCUT2D eigenvalue weighted by Crippen LogP contribution is 2.05. The van der Waals surface area contributed by atoms with Gasteiger partial charge in [-0.15, -0.1) is 0 Å². The molecule has 0 aromatic heterocycles. The van der Waals surface area contributed by atoms with Crippen molar-refractivity contribution < 1.29 is 18.4 Å². The number of rotatable bonds is 4. The monoisotopic (exact) mass is 238 g/mol. The normalized spacial score (nSPS) is 9.94. The van der Waals surface area contributed by atoms with E-state index in [-0.39, 0.29) is 0 Å². The Labute approximate surface area is 96.0 Å². The number of carbonyl (C=O) groups excluding carboxylic acids is 2. The van der Waals surface area contributed by atoms with Gasteiger partial charge in [0.2, 0.25) is 0 Å². The lowest BCUT2D eigenvalue weighted by Gasteiger charge is -2.14. The third kappa shape index (κ3) is 4.74. The SMILES string of the molecule is CC(=O)O[SiH](Cc1ccccc1)OC(C)=O. The maximum Gasteiger partial charge on any atom is 0.452 e. The minimum absolute atomic E-state index is 0.408. The van der Waals surface area contributed by atoms with Crippen LogP contribution in [0.5, 0.6) is 0 Å². The van der Waals surface area contributed by atoms with Crippen LogP contribution in [-0.4, -0.2) is 21.2 Å². The lowest BCUT2D eigenvalue weighted by molar-refractivity contribution is -0.137. The van der Waals surface area contributed by atoms with E-state index < -0.39 is 21.2 Å². The molecule has 0 radical (unpaired) electrons. The van der Waals surface area contributed by atoms with Gasteiger partial charge >= 0.3 is 9.28 Å². The standard InChI is InChI=1S/C11H14O4Si/c1-9(12)14-16(15-10(2)13)8-11-6-4-3-5-7-11/h3-7,16H,8H2,1-2H3. The summed E-state index contributed by atoms with van der Waals surface area (Å²) in [5.41, 5.74) is 1.00. The molecule has 0 saturated heterocycles. The van der Waals surface area contributed by atoms with Crippen molar-refractivity contribution in [2.75, 3.05) is 0 Å². The van der Waals surface area contributed by atoms with Crippen LogP contribution in [-0.2, 0) is 24.5 Å². The Morgan fingerprint density at radius 2 is 1.56 bits per heavy atom. The van der Waals surface area contributed by atoms with Crippen LogP contribution in [0, 0.1) is 0 Å². The molecule has 0 spiro atoms. The quantitative estimate of drug-likeness (QED) is 0.737. The van der Waals surface area contributed by atoms with Crippen LogP contribution < -0.4 is 0 Å². The van der Waals surface area contributed by atoms with Gasteiger partial charge in [0.25, 0.3) is 11.9 Å². The van der Waals surface area contributed by atoms with E-state index in [0.717, 1.165) is 5.56 Å². The first-order valence-electron chi connectivity index (χ1n) is 4.96. The summed E-state index contributed by atoms with van der Waals surface area (Å²) >= 11 is 0. The first kappa shape index (κ1) is 12.4. The van der Waals surface area contributed by atoms with Gasteiger partial charge in [0.15, 0.2) is 0 Å². The molecule has 0 saturated carbocycles. The summed E-state index contributed by atoms with van der Waals surface area (Å²) in [5.74, 6) is -0.817. The summed E-state index contributed by atoms with van der Waals surface area (Å²) in [6, 6.07) is 10.0. The second-order valence-corrected chi connectivity index (χ2v) is 5.08. The molecule has 0 aliphatic rings. The van der Waals surface area contributed by atoms with Crippen molar-refractivity contribution in [2.45, 2.75) is 19.9 Å². The zero-order valence-electron chi connectivity index (χ0n) is 9.30. The molecule has 1 aromatic rings. The number of carbonyl (C=O) groups is 2. The number of benzene rings is 1. The predicted molar refractivity (Wildman–Crippen MR) is 60.8 cm³/mol. The van der Waals surface area contributed by atoms with Crippen molar-refractivity contribution in [1.82, 2.24) is 0 Å². The Morgan fingerprint density at radius 3 is 2.00 bits per heavy atom.